The Balaban J connectivity index is 2.71. The van der Waals surface area contributed by atoms with Crippen LogP contribution in [0.15, 0.2) is 24.3 Å². The standard InChI is InChI=1S/C15H24N2O/c1-15(2,3)14(18)17(6)11-12-7-9-13(10-8-12)16(4)5/h7-10H,11H2,1-6H3. The summed E-state index contributed by atoms with van der Waals surface area (Å²) in [7, 11) is 5.89. The minimum absolute atomic E-state index is 0.166. The first-order valence-electron chi connectivity index (χ1n) is 6.23. The number of anilines is 1. The van der Waals surface area contributed by atoms with E-state index in [-0.39, 0.29) is 11.3 Å². The molecule has 1 aromatic carbocycles. The van der Waals surface area contributed by atoms with Gasteiger partial charge in [0.1, 0.15) is 0 Å². The van der Waals surface area contributed by atoms with Crippen LogP contribution in [0.2, 0.25) is 0 Å². The minimum atomic E-state index is -0.321. The molecule has 0 unspecified atom stereocenters. The second kappa shape index (κ2) is 5.42. The quantitative estimate of drug-likeness (QED) is 0.821. The molecule has 0 aliphatic rings. The van der Waals surface area contributed by atoms with Crippen molar-refractivity contribution < 1.29 is 4.79 Å². The van der Waals surface area contributed by atoms with Gasteiger partial charge in [-0.3, -0.25) is 4.79 Å². The number of carbonyl (C=O) groups excluding carboxylic acids is 1. The molecule has 0 atom stereocenters. The van der Waals surface area contributed by atoms with E-state index in [2.05, 4.69) is 29.2 Å². The smallest absolute Gasteiger partial charge is 0.227 e. The number of nitrogens with zero attached hydrogens (tertiary/aromatic N) is 2. The highest BCUT2D eigenvalue weighted by atomic mass is 16.2. The van der Waals surface area contributed by atoms with Gasteiger partial charge in [0, 0.05) is 38.8 Å². The molecule has 0 aliphatic heterocycles. The Labute approximate surface area is 110 Å². The van der Waals surface area contributed by atoms with E-state index >= 15 is 0 Å². The summed E-state index contributed by atoms with van der Waals surface area (Å²) in [6.45, 7) is 6.49. The fourth-order valence-corrected chi connectivity index (χ4v) is 1.82. The molecule has 0 fully saturated rings. The predicted molar refractivity (Wildman–Crippen MR) is 76.7 cm³/mol. The van der Waals surface area contributed by atoms with E-state index in [4.69, 9.17) is 0 Å². The van der Waals surface area contributed by atoms with Crippen molar-refractivity contribution in [3.8, 4) is 0 Å². The summed E-state index contributed by atoms with van der Waals surface area (Å²) in [6.07, 6.45) is 0. The fraction of sp³-hybridized carbons (Fsp3) is 0.533. The van der Waals surface area contributed by atoms with Crippen LogP contribution in [-0.4, -0.2) is 32.0 Å². The molecule has 3 heteroatoms. The van der Waals surface area contributed by atoms with Crippen LogP contribution in [0.3, 0.4) is 0 Å². The molecule has 0 saturated heterocycles. The summed E-state index contributed by atoms with van der Waals surface area (Å²) in [5, 5.41) is 0. The minimum Gasteiger partial charge on any atom is -0.378 e. The van der Waals surface area contributed by atoms with Crippen molar-refractivity contribution in [2.75, 3.05) is 26.0 Å². The number of benzene rings is 1. The molecule has 0 heterocycles. The van der Waals surface area contributed by atoms with E-state index in [1.807, 2.05) is 41.9 Å². The summed E-state index contributed by atoms with van der Waals surface area (Å²) in [5.41, 5.74) is 2.00. The molecule has 0 aliphatic carbocycles. The first kappa shape index (κ1) is 14.6. The molecule has 18 heavy (non-hydrogen) atoms. The molecular formula is C15H24N2O. The lowest BCUT2D eigenvalue weighted by atomic mass is 9.95. The maximum atomic E-state index is 12.1. The van der Waals surface area contributed by atoms with Gasteiger partial charge in [0.15, 0.2) is 0 Å². The van der Waals surface area contributed by atoms with Gasteiger partial charge in [0.2, 0.25) is 5.91 Å². The first-order valence-corrected chi connectivity index (χ1v) is 6.23. The Hall–Kier alpha value is -1.51. The van der Waals surface area contributed by atoms with Crippen LogP contribution < -0.4 is 4.90 Å². The van der Waals surface area contributed by atoms with Crippen LogP contribution in [0.25, 0.3) is 0 Å². The van der Waals surface area contributed by atoms with Gasteiger partial charge in [0.05, 0.1) is 0 Å². The van der Waals surface area contributed by atoms with E-state index in [0.717, 1.165) is 5.56 Å². The van der Waals surface area contributed by atoms with Crippen LogP contribution in [0.4, 0.5) is 5.69 Å². The summed E-state index contributed by atoms with van der Waals surface area (Å²) in [6, 6.07) is 8.29. The second-order valence-corrected chi connectivity index (χ2v) is 5.97. The third-order valence-corrected chi connectivity index (χ3v) is 2.86. The van der Waals surface area contributed by atoms with Gasteiger partial charge < -0.3 is 9.80 Å². The highest BCUT2D eigenvalue weighted by Crippen LogP contribution is 2.19. The van der Waals surface area contributed by atoms with E-state index in [1.165, 1.54) is 5.69 Å². The molecule has 0 radical (unpaired) electrons. The Kier molecular flexibility index (Phi) is 4.38. The molecule has 100 valence electrons. The Morgan fingerprint density at radius 1 is 1.06 bits per heavy atom. The van der Waals surface area contributed by atoms with Crippen LogP contribution in [0.5, 0.6) is 0 Å². The number of amides is 1. The second-order valence-electron chi connectivity index (χ2n) is 5.97. The fourth-order valence-electron chi connectivity index (χ4n) is 1.82. The predicted octanol–water partition coefficient (Wildman–Crippen LogP) is 2.76. The zero-order chi connectivity index (χ0) is 13.9. The van der Waals surface area contributed by atoms with Gasteiger partial charge in [-0.15, -0.1) is 0 Å². The topological polar surface area (TPSA) is 23.6 Å². The molecule has 1 aromatic rings. The maximum Gasteiger partial charge on any atom is 0.227 e. The van der Waals surface area contributed by atoms with Crippen LogP contribution >= 0.6 is 0 Å². The molecule has 1 amide bonds. The summed E-state index contributed by atoms with van der Waals surface area (Å²) in [5.74, 6) is 0.166. The van der Waals surface area contributed by atoms with Crippen molar-refractivity contribution in [2.45, 2.75) is 27.3 Å². The van der Waals surface area contributed by atoms with Gasteiger partial charge in [-0.2, -0.15) is 0 Å². The van der Waals surface area contributed by atoms with Gasteiger partial charge in [-0.25, -0.2) is 0 Å². The average molecular weight is 248 g/mol. The summed E-state index contributed by atoms with van der Waals surface area (Å²) in [4.78, 5) is 15.9. The number of rotatable bonds is 3. The number of hydrogen-bond donors (Lipinski definition) is 0. The molecule has 0 N–H and O–H groups in total. The molecule has 3 nitrogen and oxygen atoms in total. The first-order chi connectivity index (χ1) is 8.21. The van der Waals surface area contributed by atoms with Crippen molar-refractivity contribution in [3.05, 3.63) is 29.8 Å². The van der Waals surface area contributed by atoms with E-state index in [0.29, 0.717) is 6.54 Å². The third kappa shape index (κ3) is 3.76. The largest absolute Gasteiger partial charge is 0.378 e. The third-order valence-electron chi connectivity index (χ3n) is 2.86. The van der Waals surface area contributed by atoms with E-state index in [9.17, 15) is 4.79 Å². The zero-order valence-electron chi connectivity index (χ0n) is 12.3. The zero-order valence-corrected chi connectivity index (χ0v) is 12.3. The normalized spacial score (nSPS) is 11.2. The van der Waals surface area contributed by atoms with Crippen molar-refractivity contribution in [1.82, 2.24) is 4.90 Å². The number of hydrogen-bond acceptors (Lipinski definition) is 2. The Bertz CT molecular complexity index is 401. The molecule has 0 spiro atoms. The molecule has 0 saturated carbocycles. The molecule has 0 bridgehead atoms. The lowest BCUT2D eigenvalue weighted by Gasteiger charge is -2.26. The van der Waals surface area contributed by atoms with Crippen molar-refractivity contribution in [2.24, 2.45) is 5.41 Å². The van der Waals surface area contributed by atoms with Crippen molar-refractivity contribution in [1.29, 1.82) is 0 Å². The molecular weight excluding hydrogens is 224 g/mol. The Morgan fingerprint density at radius 2 is 1.56 bits per heavy atom. The maximum absolute atomic E-state index is 12.1. The molecule has 0 aromatic heterocycles. The highest BCUT2D eigenvalue weighted by molar-refractivity contribution is 5.81. The lowest BCUT2D eigenvalue weighted by molar-refractivity contribution is -0.138. The SMILES string of the molecule is CN(Cc1ccc(N(C)C)cc1)C(=O)C(C)(C)C. The van der Waals surface area contributed by atoms with Gasteiger partial charge in [-0.05, 0) is 17.7 Å². The monoisotopic (exact) mass is 248 g/mol. The van der Waals surface area contributed by atoms with Crippen molar-refractivity contribution in [3.63, 3.8) is 0 Å². The lowest BCUT2D eigenvalue weighted by Crippen LogP contribution is -2.36. The van der Waals surface area contributed by atoms with Gasteiger partial charge >= 0.3 is 0 Å². The van der Waals surface area contributed by atoms with Gasteiger partial charge in [-0.1, -0.05) is 32.9 Å². The van der Waals surface area contributed by atoms with E-state index < -0.39 is 0 Å². The van der Waals surface area contributed by atoms with E-state index in [1.54, 1.807) is 4.90 Å². The van der Waals surface area contributed by atoms with Crippen LogP contribution in [0, 0.1) is 5.41 Å². The van der Waals surface area contributed by atoms with Crippen molar-refractivity contribution >= 4 is 11.6 Å². The highest BCUT2D eigenvalue weighted by Gasteiger charge is 2.24. The number of carbonyl (C=O) groups is 1. The average Bonchev–Trinajstić information content (AvgIpc) is 2.27. The molecule has 1 rings (SSSR count). The van der Waals surface area contributed by atoms with Crippen LogP contribution in [-0.2, 0) is 11.3 Å². The van der Waals surface area contributed by atoms with Crippen LogP contribution in [0.1, 0.15) is 26.3 Å². The summed E-state index contributed by atoms with van der Waals surface area (Å²) >= 11 is 0. The Morgan fingerprint density at radius 3 is 1.94 bits per heavy atom. The van der Waals surface area contributed by atoms with Gasteiger partial charge in [0.25, 0.3) is 0 Å². The summed E-state index contributed by atoms with van der Waals surface area (Å²) < 4.78 is 0.